The number of nitrogens with one attached hydrogen (secondary N) is 2. The third-order valence-electron chi connectivity index (χ3n) is 4.56. The smallest absolute Gasteiger partial charge is 0.191 e. The minimum Gasteiger partial charge on any atom is -0.357 e. The zero-order valence-corrected chi connectivity index (χ0v) is 21.1. The average molecular weight is 559 g/mol. The minimum absolute atomic E-state index is 0. The highest BCUT2D eigenvalue weighted by atomic mass is 127. The molecule has 1 aromatic carbocycles. The predicted octanol–water partition coefficient (Wildman–Crippen LogP) is 0.802. The molecule has 1 aliphatic rings. The van der Waals surface area contributed by atoms with E-state index in [2.05, 4.69) is 20.5 Å². The molecule has 166 valence electrons. The van der Waals surface area contributed by atoms with E-state index < -0.39 is 19.7 Å². The van der Waals surface area contributed by atoms with E-state index in [0.29, 0.717) is 42.6 Å². The summed E-state index contributed by atoms with van der Waals surface area (Å²) < 4.78 is 46.4. The normalized spacial score (nSPS) is 17.4. The van der Waals surface area contributed by atoms with Gasteiger partial charge >= 0.3 is 0 Å². The standard InChI is InChI=1S/C18H30N4O4S2.HI/c1-4-19-18(20-7-8-22-9-11-28(25,26)12-10-22)21-14-16-5-6-17(15(2)13-16)27(3,23)24;/h5-6,13H,4,7-12,14H2,1-3H3,(H2,19,20,21);1H. The highest BCUT2D eigenvalue weighted by Crippen LogP contribution is 2.17. The number of benzene rings is 1. The summed E-state index contributed by atoms with van der Waals surface area (Å²) >= 11 is 0. The lowest BCUT2D eigenvalue weighted by Gasteiger charge is -2.26. The van der Waals surface area contributed by atoms with Gasteiger partial charge in [-0.15, -0.1) is 24.0 Å². The molecule has 29 heavy (non-hydrogen) atoms. The van der Waals surface area contributed by atoms with Crippen molar-refractivity contribution in [3.8, 4) is 0 Å². The molecule has 0 amide bonds. The van der Waals surface area contributed by atoms with Gasteiger partial charge in [0.2, 0.25) is 0 Å². The van der Waals surface area contributed by atoms with Crippen LogP contribution >= 0.6 is 24.0 Å². The second-order valence-corrected chi connectivity index (χ2v) is 11.3. The number of sulfone groups is 2. The molecule has 0 saturated carbocycles. The molecule has 11 heteroatoms. The fourth-order valence-corrected chi connectivity index (χ4v) is 5.28. The molecule has 1 heterocycles. The summed E-state index contributed by atoms with van der Waals surface area (Å²) in [6.07, 6.45) is 1.21. The van der Waals surface area contributed by atoms with Gasteiger partial charge in [-0.1, -0.05) is 12.1 Å². The summed E-state index contributed by atoms with van der Waals surface area (Å²) in [6, 6.07) is 5.25. The van der Waals surface area contributed by atoms with Gasteiger partial charge in [0.15, 0.2) is 25.6 Å². The van der Waals surface area contributed by atoms with Crippen molar-refractivity contribution in [2.75, 3.05) is 50.5 Å². The molecule has 0 radical (unpaired) electrons. The van der Waals surface area contributed by atoms with Crippen molar-refractivity contribution >= 4 is 49.6 Å². The van der Waals surface area contributed by atoms with Crippen LogP contribution in [-0.2, 0) is 26.2 Å². The van der Waals surface area contributed by atoms with Crippen LogP contribution in [0.25, 0.3) is 0 Å². The lowest BCUT2D eigenvalue weighted by atomic mass is 10.1. The Labute approximate surface area is 191 Å². The first-order valence-corrected chi connectivity index (χ1v) is 13.1. The molecule has 8 nitrogen and oxygen atoms in total. The van der Waals surface area contributed by atoms with E-state index in [9.17, 15) is 16.8 Å². The zero-order valence-electron chi connectivity index (χ0n) is 17.1. The maximum absolute atomic E-state index is 11.7. The number of rotatable bonds is 7. The molecule has 2 N–H and O–H groups in total. The van der Waals surface area contributed by atoms with Crippen LogP contribution < -0.4 is 10.6 Å². The second-order valence-electron chi connectivity index (χ2n) is 6.99. The van der Waals surface area contributed by atoms with E-state index in [4.69, 9.17) is 0 Å². The van der Waals surface area contributed by atoms with E-state index in [-0.39, 0.29) is 35.5 Å². The third kappa shape index (κ3) is 8.77. The van der Waals surface area contributed by atoms with E-state index in [1.54, 1.807) is 19.1 Å². The first kappa shape index (κ1) is 26.1. The Morgan fingerprint density at radius 1 is 1.21 bits per heavy atom. The van der Waals surface area contributed by atoms with E-state index in [0.717, 1.165) is 18.7 Å². The highest BCUT2D eigenvalue weighted by molar-refractivity contribution is 14.0. The molecule has 1 aliphatic heterocycles. The van der Waals surface area contributed by atoms with Gasteiger partial charge in [0.1, 0.15) is 0 Å². The third-order valence-corrected chi connectivity index (χ3v) is 7.43. The topological polar surface area (TPSA) is 108 Å². The predicted molar refractivity (Wildman–Crippen MR) is 128 cm³/mol. The van der Waals surface area contributed by atoms with Gasteiger partial charge < -0.3 is 10.6 Å². The van der Waals surface area contributed by atoms with Gasteiger partial charge in [-0.05, 0) is 31.0 Å². The van der Waals surface area contributed by atoms with Gasteiger partial charge in [0, 0.05) is 39.0 Å². The molecule has 0 aliphatic carbocycles. The molecule has 0 unspecified atom stereocenters. The van der Waals surface area contributed by atoms with E-state index in [1.807, 2.05) is 13.0 Å². The lowest BCUT2D eigenvalue weighted by molar-refractivity contribution is 0.299. The number of guanidine groups is 1. The molecule has 0 bridgehead atoms. The van der Waals surface area contributed by atoms with Crippen LogP contribution in [0.3, 0.4) is 0 Å². The average Bonchev–Trinajstić information content (AvgIpc) is 2.60. The maximum Gasteiger partial charge on any atom is 0.191 e. The Hall–Kier alpha value is -0.920. The van der Waals surface area contributed by atoms with Crippen molar-refractivity contribution in [2.24, 2.45) is 4.99 Å². The van der Waals surface area contributed by atoms with Crippen LogP contribution in [0.5, 0.6) is 0 Å². The first-order chi connectivity index (χ1) is 13.1. The van der Waals surface area contributed by atoms with Gasteiger partial charge in [-0.25, -0.2) is 21.8 Å². The molecule has 1 saturated heterocycles. The Balaban J connectivity index is 0.00000420. The van der Waals surface area contributed by atoms with Crippen LogP contribution in [-0.4, -0.2) is 78.2 Å². The highest BCUT2D eigenvalue weighted by Gasteiger charge is 2.20. The summed E-state index contributed by atoms with van der Waals surface area (Å²) in [5.41, 5.74) is 1.65. The SMILES string of the molecule is CCNC(=NCc1ccc(S(C)(=O)=O)c(C)c1)NCCN1CCS(=O)(=O)CC1.I. The second kappa shape index (κ2) is 11.5. The number of halogens is 1. The van der Waals surface area contributed by atoms with Crippen LogP contribution in [0.4, 0.5) is 0 Å². The number of hydrogen-bond donors (Lipinski definition) is 2. The number of hydrogen-bond acceptors (Lipinski definition) is 6. The molecular formula is C18H31IN4O4S2. The molecule has 1 aromatic rings. The maximum atomic E-state index is 11.7. The fraction of sp³-hybridized carbons (Fsp3) is 0.611. The fourth-order valence-electron chi connectivity index (χ4n) is 3.04. The van der Waals surface area contributed by atoms with Crippen molar-refractivity contribution in [2.45, 2.75) is 25.3 Å². The van der Waals surface area contributed by atoms with Gasteiger partial charge in [-0.2, -0.15) is 0 Å². The summed E-state index contributed by atoms with van der Waals surface area (Å²) in [5, 5.41) is 6.44. The van der Waals surface area contributed by atoms with Crippen LogP contribution in [0, 0.1) is 6.92 Å². The number of nitrogens with zero attached hydrogens (tertiary/aromatic N) is 2. The largest absolute Gasteiger partial charge is 0.357 e. The minimum atomic E-state index is -3.22. The molecule has 1 fully saturated rings. The van der Waals surface area contributed by atoms with Gasteiger partial charge in [0.05, 0.1) is 22.9 Å². The molecule has 2 rings (SSSR count). The van der Waals surface area contributed by atoms with Crippen molar-refractivity contribution in [1.29, 1.82) is 0 Å². The van der Waals surface area contributed by atoms with E-state index >= 15 is 0 Å². The monoisotopic (exact) mass is 558 g/mol. The molecule has 0 atom stereocenters. The quantitative estimate of drug-likeness (QED) is 0.290. The first-order valence-electron chi connectivity index (χ1n) is 9.35. The summed E-state index contributed by atoms with van der Waals surface area (Å²) in [5.74, 6) is 1.13. The molecular weight excluding hydrogens is 527 g/mol. The van der Waals surface area contributed by atoms with Gasteiger partial charge in [0.25, 0.3) is 0 Å². The number of aryl methyl sites for hydroxylation is 1. The summed E-state index contributed by atoms with van der Waals surface area (Å²) in [6.45, 7) is 7.49. The summed E-state index contributed by atoms with van der Waals surface area (Å²) in [7, 11) is -6.08. The number of aliphatic imine (C=N–C) groups is 1. The Bertz CT molecular complexity index is 904. The molecule has 0 spiro atoms. The van der Waals surface area contributed by atoms with Crippen molar-refractivity contribution in [1.82, 2.24) is 15.5 Å². The van der Waals surface area contributed by atoms with Crippen molar-refractivity contribution in [3.05, 3.63) is 29.3 Å². The Morgan fingerprint density at radius 2 is 1.86 bits per heavy atom. The lowest BCUT2D eigenvalue weighted by Crippen LogP contribution is -2.45. The zero-order chi connectivity index (χ0) is 20.8. The van der Waals surface area contributed by atoms with Crippen LogP contribution in [0.2, 0.25) is 0 Å². The van der Waals surface area contributed by atoms with Crippen molar-refractivity contribution < 1.29 is 16.8 Å². The van der Waals surface area contributed by atoms with E-state index in [1.165, 1.54) is 6.26 Å². The molecule has 0 aromatic heterocycles. The van der Waals surface area contributed by atoms with Crippen molar-refractivity contribution in [3.63, 3.8) is 0 Å². The Morgan fingerprint density at radius 3 is 2.41 bits per heavy atom. The van der Waals surface area contributed by atoms with Gasteiger partial charge in [-0.3, -0.25) is 4.90 Å². The Kier molecular flexibility index (Phi) is 10.3. The summed E-state index contributed by atoms with van der Waals surface area (Å²) in [4.78, 5) is 7.02. The van der Waals surface area contributed by atoms with Crippen LogP contribution in [0.1, 0.15) is 18.1 Å². The van der Waals surface area contributed by atoms with Crippen LogP contribution in [0.15, 0.2) is 28.1 Å².